The Hall–Kier alpha value is -2.53. The first-order chi connectivity index (χ1) is 11.1. The van der Waals surface area contributed by atoms with Crippen LogP contribution >= 0.6 is 0 Å². The maximum Gasteiger partial charge on any atom is 0.238 e. The van der Waals surface area contributed by atoms with Crippen LogP contribution in [0.1, 0.15) is 18.5 Å². The lowest BCUT2D eigenvalue weighted by atomic mass is 10.1. The summed E-state index contributed by atoms with van der Waals surface area (Å²) in [5, 5.41) is 6.04. The van der Waals surface area contributed by atoms with Crippen LogP contribution in [0.3, 0.4) is 0 Å². The molecule has 0 aromatic heterocycles. The number of ether oxygens (including phenoxy) is 2. The minimum Gasteiger partial charge on any atom is -0.497 e. The lowest BCUT2D eigenvalue weighted by Crippen LogP contribution is -2.30. The zero-order chi connectivity index (χ0) is 16.7. The molecule has 2 aromatic carbocycles. The van der Waals surface area contributed by atoms with Crippen LogP contribution < -0.4 is 20.1 Å². The van der Waals surface area contributed by atoms with Crippen LogP contribution in [0.2, 0.25) is 0 Å². The molecule has 2 aromatic rings. The van der Waals surface area contributed by atoms with Crippen molar-refractivity contribution in [2.24, 2.45) is 0 Å². The van der Waals surface area contributed by atoms with Crippen LogP contribution in [0.25, 0.3) is 0 Å². The number of hydrogen-bond donors (Lipinski definition) is 2. The second-order valence-electron chi connectivity index (χ2n) is 5.13. The van der Waals surface area contributed by atoms with Gasteiger partial charge < -0.3 is 20.1 Å². The number of rotatable bonds is 7. The van der Waals surface area contributed by atoms with Gasteiger partial charge in [0.2, 0.25) is 5.91 Å². The number of carbonyl (C=O) groups excluding carboxylic acids is 1. The summed E-state index contributed by atoms with van der Waals surface area (Å²) in [6.45, 7) is 2.24. The zero-order valence-corrected chi connectivity index (χ0v) is 13.6. The fraction of sp³-hybridized carbons (Fsp3) is 0.278. The molecule has 0 unspecified atom stereocenters. The van der Waals surface area contributed by atoms with Crippen molar-refractivity contribution in [3.63, 3.8) is 0 Å². The summed E-state index contributed by atoms with van der Waals surface area (Å²) in [7, 11) is 3.14. The van der Waals surface area contributed by atoms with Crippen LogP contribution in [-0.2, 0) is 4.79 Å². The molecule has 0 aliphatic heterocycles. The first kappa shape index (κ1) is 16.8. The highest BCUT2D eigenvalue weighted by atomic mass is 16.5. The molecule has 1 atom stereocenters. The van der Waals surface area contributed by atoms with Crippen LogP contribution in [0.5, 0.6) is 11.5 Å². The van der Waals surface area contributed by atoms with Gasteiger partial charge in [0, 0.05) is 12.1 Å². The van der Waals surface area contributed by atoms with E-state index in [1.54, 1.807) is 32.4 Å². The predicted molar refractivity (Wildman–Crippen MR) is 91.0 cm³/mol. The first-order valence-corrected chi connectivity index (χ1v) is 7.44. The molecule has 0 fully saturated rings. The van der Waals surface area contributed by atoms with E-state index in [-0.39, 0.29) is 18.5 Å². The van der Waals surface area contributed by atoms with Crippen molar-refractivity contribution in [3.05, 3.63) is 54.1 Å². The number of carbonyl (C=O) groups is 1. The van der Waals surface area contributed by atoms with Gasteiger partial charge in [-0.2, -0.15) is 0 Å². The maximum atomic E-state index is 12.1. The average Bonchev–Trinajstić information content (AvgIpc) is 2.60. The summed E-state index contributed by atoms with van der Waals surface area (Å²) in [4.78, 5) is 12.1. The van der Waals surface area contributed by atoms with Gasteiger partial charge in [-0.1, -0.05) is 30.3 Å². The third kappa shape index (κ3) is 4.72. The largest absolute Gasteiger partial charge is 0.497 e. The smallest absolute Gasteiger partial charge is 0.238 e. The third-order valence-electron chi connectivity index (χ3n) is 3.55. The summed E-state index contributed by atoms with van der Waals surface area (Å²) in [5.74, 6) is 1.11. The highest BCUT2D eigenvalue weighted by Gasteiger charge is 2.11. The normalized spacial score (nSPS) is 11.6. The molecule has 0 radical (unpaired) electrons. The standard InChI is InChI=1S/C18H22N2O3/c1-13(14-7-5-4-6-8-14)19-12-18(21)20-16-10-9-15(22-2)11-17(16)23-3/h4-11,13,19H,12H2,1-3H3,(H,20,21)/t13-/m0/s1. The Morgan fingerprint density at radius 3 is 2.48 bits per heavy atom. The van der Waals surface area contributed by atoms with Crippen molar-refractivity contribution < 1.29 is 14.3 Å². The zero-order valence-electron chi connectivity index (χ0n) is 13.6. The maximum absolute atomic E-state index is 12.1. The number of nitrogens with one attached hydrogen (secondary N) is 2. The van der Waals surface area contributed by atoms with E-state index in [2.05, 4.69) is 10.6 Å². The van der Waals surface area contributed by atoms with Crippen LogP contribution in [0.4, 0.5) is 5.69 Å². The molecule has 2 N–H and O–H groups in total. The van der Waals surface area contributed by atoms with E-state index >= 15 is 0 Å². The monoisotopic (exact) mass is 314 g/mol. The average molecular weight is 314 g/mol. The van der Waals surface area contributed by atoms with Crippen molar-refractivity contribution in [3.8, 4) is 11.5 Å². The Labute approximate surface area is 136 Å². The van der Waals surface area contributed by atoms with Gasteiger partial charge in [-0.3, -0.25) is 4.79 Å². The molecule has 0 bridgehead atoms. The van der Waals surface area contributed by atoms with Crippen LogP contribution in [0.15, 0.2) is 48.5 Å². The minimum absolute atomic E-state index is 0.0970. The lowest BCUT2D eigenvalue weighted by molar-refractivity contribution is -0.115. The van der Waals surface area contributed by atoms with E-state index in [4.69, 9.17) is 9.47 Å². The predicted octanol–water partition coefficient (Wildman–Crippen LogP) is 2.99. The molecule has 122 valence electrons. The molecule has 0 saturated carbocycles. The molecule has 0 saturated heterocycles. The Bertz CT molecular complexity index is 644. The fourth-order valence-corrected chi connectivity index (χ4v) is 2.20. The molecule has 23 heavy (non-hydrogen) atoms. The molecule has 0 aliphatic carbocycles. The van der Waals surface area contributed by atoms with Crippen molar-refractivity contribution in [1.82, 2.24) is 5.32 Å². The summed E-state index contributed by atoms with van der Waals surface area (Å²) in [5.41, 5.74) is 1.76. The lowest BCUT2D eigenvalue weighted by Gasteiger charge is -2.15. The van der Waals surface area contributed by atoms with Crippen molar-refractivity contribution in [1.29, 1.82) is 0 Å². The van der Waals surface area contributed by atoms with Gasteiger partial charge >= 0.3 is 0 Å². The molecular weight excluding hydrogens is 292 g/mol. The molecule has 0 aliphatic rings. The van der Waals surface area contributed by atoms with E-state index < -0.39 is 0 Å². The Morgan fingerprint density at radius 1 is 1.09 bits per heavy atom. The molecule has 5 heteroatoms. The summed E-state index contributed by atoms with van der Waals surface area (Å²) < 4.78 is 10.4. The summed E-state index contributed by atoms with van der Waals surface area (Å²) >= 11 is 0. The Morgan fingerprint density at radius 2 is 1.83 bits per heavy atom. The van der Waals surface area contributed by atoms with Crippen LogP contribution in [0, 0.1) is 0 Å². The molecule has 0 heterocycles. The summed E-state index contributed by atoms with van der Waals surface area (Å²) in [6.07, 6.45) is 0. The third-order valence-corrected chi connectivity index (χ3v) is 3.55. The topological polar surface area (TPSA) is 59.6 Å². The number of methoxy groups -OCH3 is 2. The SMILES string of the molecule is COc1ccc(NC(=O)CN[C@@H](C)c2ccccc2)c(OC)c1. The van der Waals surface area contributed by atoms with Crippen LogP contribution in [-0.4, -0.2) is 26.7 Å². The first-order valence-electron chi connectivity index (χ1n) is 7.44. The number of anilines is 1. The van der Waals surface area contributed by atoms with E-state index in [1.165, 1.54) is 0 Å². The number of benzene rings is 2. The minimum atomic E-state index is -0.128. The number of hydrogen-bond acceptors (Lipinski definition) is 4. The molecule has 2 rings (SSSR count). The second-order valence-corrected chi connectivity index (χ2v) is 5.13. The van der Waals surface area contributed by atoms with Gasteiger partial charge in [-0.15, -0.1) is 0 Å². The van der Waals surface area contributed by atoms with Gasteiger partial charge in [0.15, 0.2) is 0 Å². The Balaban J connectivity index is 1.92. The van der Waals surface area contributed by atoms with Gasteiger partial charge in [-0.05, 0) is 24.6 Å². The summed E-state index contributed by atoms with van der Waals surface area (Å²) in [6, 6.07) is 15.4. The molecule has 5 nitrogen and oxygen atoms in total. The van der Waals surface area contributed by atoms with Crippen molar-refractivity contribution in [2.75, 3.05) is 26.1 Å². The van der Waals surface area contributed by atoms with Gasteiger partial charge in [0.25, 0.3) is 0 Å². The highest BCUT2D eigenvalue weighted by molar-refractivity contribution is 5.93. The second kappa shape index (κ2) is 8.19. The highest BCUT2D eigenvalue weighted by Crippen LogP contribution is 2.28. The fourth-order valence-electron chi connectivity index (χ4n) is 2.20. The van der Waals surface area contributed by atoms with Gasteiger partial charge in [0.1, 0.15) is 11.5 Å². The van der Waals surface area contributed by atoms with Crippen molar-refractivity contribution >= 4 is 11.6 Å². The molecule has 0 spiro atoms. The molecular formula is C18H22N2O3. The van der Waals surface area contributed by atoms with Crippen molar-refractivity contribution in [2.45, 2.75) is 13.0 Å². The van der Waals surface area contributed by atoms with E-state index in [1.807, 2.05) is 37.3 Å². The quantitative estimate of drug-likeness (QED) is 0.825. The van der Waals surface area contributed by atoms with Gasteiger partial charge in [-0.25, -0.2) is 0 Å². The number of amides is 1. The van der Waals surface area contributed by atoms with E-state index in [0.717, 1.165) is 5.56 Å². The van der Waals surface area contributed by atoms with Gasteiger partial charge in [0.05, 0.1) is 26.5 Å². The Kier molecular flexibility index (Phi) is 6.00. The van der Waals surface area contributed by atoms with E-state index in [0.29, 0.717) is 17.2 Å². The van der Waals surface area contributed by atoms with E-state index in [9.17, 15) is 4.79 Å². The molecule has 1 amide bonds.